The molecule has 2 N–H and O–H groups in total. The van der Waals surface area contributed by atoms with Crippen molar-refractivity contribution in [2.45, 2.75) is 32.4 Å². The lowest BCUT2D eigenvalue weighted by Gasteiger charge is -2.13. The topological polar surface area (TPSA) is 53.5 Å². The summed E-state index contributed by atoms with van der Waals surface area (Å²) in [6.07, 6.45) is 0.949. The standard InChI is InChI=1S/C15H21N3OS/c1-3-9-16-14(19)11(2)17-15-18-13(10-20-15)12-7-5-4-6-8-12/h4-8,11,13H,3,9-10H2,1-2H3,(H,16,19)(H,17,18). The maximum absolute atomic E-state index is 11.8. The molecule has 0 saturated heterocycles. The van der Waals surface area contributed by atoms with Crippen LogP contribution in [0.25, 0.3) is 0 Å². The van der Waals surface area contributed by atoms with E-state index in [1.54, 1.807) is 11.8 Å². The van der Waals surface area contributed by atoms with Gasteiger partial charge in [0.05, 0.1) is 6.04 Å². The molecule has 20 heavy (non-hydrogen) atoms. The molecule has 0 aliphatic carbocycles. The third kappa shape index (κ3) is 4.00. The molecule has 2 unspecified atom stereocenters. The van der Waals surface area contributed by atoms with Gasteiger partial charge in [-0.05, 0) is 18.9 Å². The first kappa shape index (κ1) is 14.9. The predicted octanol–water partition coefficient (Wildman–Crippen LogP) is 2.33. The van der Waals surface area contributed by atoms with E-state index in [0.29, 0.717) is 0 Å². The number of carbonyl (C=O) groups excluding carboxylic acids is 1. The first-order chi connectivity index (χ1) is 9.70. The second-order valence-electron chi connectivity index (χ2n) is 4.83. The fraction of sp³-hybridized carbons (Fsp3) is 0.467. The lowest BCUT2D eigenvalue weighted by atomic mass is 10.1. The second kappa shape index (κ2) is 7.33. The Kier molecular flexibility index (Phi) is 5.47. The molecule has 0 aromatic heterocycles. The minimum absolute atomic E-state index is 0.0262. The first-order valence-corrected chi connectivity index (χ1v) is 7.99. The van der Waals surface area contributed by atoms with Crippen LogP contribution < -0.4 is 10.6 Å². The smallest absolute Gasteiger partial charge is 0.242 e. The molecule has 0 bridgehead atoms. The zero-order valence-electron chi connectivity index (χ0n) is 11.9. The number of hydrogen-bond acceptors (Lipinski definition) is 4. The average Bonchev–Trinajstić information content (AvgIpc) is 2.94. The highest BCUT2D eigenvalue weighted by Gasteiger charge is 2.22. The van der Waals surface area contributed by atoms with Crippen molar-refractivity contribution in [2.24, 2.45) is 4.99 Å². The van der Waals surface area contributed by atoms with E-state index < -0.39 is 0 Å². The highest BCUT2D eigenvalue weighted by molar-refractivity contribution is 8.14. The number of nitrogens with one attached hydrogen (secondary N) is 2. The van der Waals surface area contributed by atoms with Gasteiger partial charge in [0.15, 0.2) is 5.17 Å². The molecule has 2 atom stereocenters. The fourth-order valence-electron chi connectivity index (χ4n) is 1.95. The van der Waals surface area contributed by atoms with Crippen molar-refractivity contribution in [3.8, 4) is 0 Å². The van der Waals surface area contributed by atoms with Crippen LogP contribution >= 0.6 is 11.8 Å². The van der Waals surface area contributed by atoms with Gasteiger partial charge in [-0.2, -0.15) is 0 Å². The lowest BCUT2D eigenvalue weighted by Crippen LogP contribution is -2.43. The van der Waals surface area contributed by atoms with Crippen LogP contribution in [0, 0.1) is 0 Å². The molecular formula is C15H21N3OS. The summed E-state index contributed by atoms with van der Waals surface area (Å²) in [7, 11) is 0. The normalized spacial score (nSPS) is 19.3. The molecule has 108 valence electrons. The molecule has 1 heterocycles. The third-order valence-corrected chi connectivity index (χ3v) is 4.10. The number of amides is 1. The van der Waals surface area contributed by atoms with Gasteiger partial charge in [0.2, 0.25) is 5.91 Å². The average molecular weight is 291 g/mol. The van der Waals surface area contributed by atoms with E-state index in [-0.39, 0.29) is 18.0 Å². The number of nitrogens with zero attached hydrogens (tertiary/aromatic N) is 1. The van der Waals surface area contributed by atoms with Gasteiger partial charge >= 0.3 is 0 Å². The molecule has 1 aliphatic rings. The molecule has 1 aliphatic heterocycles. The lowest BCUT2D eigenvalue weighted by molar-refractivity contribution is -0.122. The maximum Gasteiger partial charge on any atom is 0.242 e. The fourth-order valence-corrected chi connectivity index (χ4v) is 3.00. The Labute approximate surface area is 124 Å². The van der Waals surface area contributed by atoms with Crippen LogP contribution in [0.5, 0.6) is 0 Å². The molecule has 2 rings (SSSR count). The molecule has 0 saturated carbocycles. The predicted molar refractivity (Wildman–Crippen MR) is 85.0 cm³/mol. The summed E-state index contributed by atoms with van der Waals surface area (Å²) >= 11 is 1.67. The third-order valence-electron chi connectivity index (χ3n) is 3.12. The zero-order valence-corrected chi connectivity index (χ0v) is 12.7. The highest BCUT2D eigenvalue weighted by atomic mass is 32.2. The van der Waals surface area contributed by atoms with Crippen LogP contribution in [0.15, 0.2) is 35.3 Å². The summed E-state index contributed by atoms with van der Waals surface area (Å²) in [6.45, 7) is 4.63. The van der Waals surface area contributed by atoms with Crippen molar-refractivity contribution in [2.75, 3.05) is 12.3 Å². The quantitative estimate of drug-likeness (QED) is 0.875. The van der Waals surface area contributed by atoms with E-state index in [2.05, 4.69) is 27.8 Å². The van der Waals surface area contributed by atoms with Crippen molar-refractivity contribution in [1.29, 1.82) is 0 Å². The van der Waals surface area contributed by atoms with Crippen molar-refractivity contribution < 1.29 is 4.79 Å². The molecule has 1 aromatic carbocycles. The van der Waals surface area contributed by atoms with Crippen LogP contribution in [0.1, 0.15) is 31.9 Å². The van der Waals surface area contributed by atoms with E-state index in [1.807, 2.05) is 32.0 Å². The van der Waals surface area contributed by atoms with Gasteiger partial charge in [-0.15, -0.1) is 0 Å². The van der Waals surface area contributed by atoms with Crippen LogP contribution in [0.3, 0.4) is 0 Å². The largest absolute Gasteiger partial charge is 0.354 e. The second-order valence-corrected chi connectivity index (χ2v) is 5.84. The molecule has 4 nitrogen and oxygen atoms in total. The van der Waals surface area contributed by atoms with Crippen molar-refractivity contribution >= 4 is 22.8 Å². The molecule has 0 spiro atoms. The Hall–Kier alpha value is -1.49. The zero-order chi connectivity index (χ0) is 14.4. The molecule has 1 amide bonds. The summed E-state index contributed by atoms with van der Waals surface area (Å²) in [5.41, 5.74) is 1.22. The Morgan fingerprint density at radius 2 is 2.20 bits per heavy atom. The first-order valence-electron chi connectivity index (χ1n) is 7.00. The summed E-state index contributed by atoms with van der Waals surface area (Å²) < 4.78 is 0. The van der Waals surface area contributed by atoms with E-state index in [4.69, 9.17) is 0 Å². The number of amidine groups is 1. The van der Waals surface area contributed by atoms with Crippen molar-refractivity contribution in [1.82, 2.24) is 10.6 Å². The Morgan fingerprint density at radius 1 is 1.45 bits per heavy atom. The SMILES string of the molecule is CCCNC(=O)C(C)NC1=NC(c2ccccc2)CS1. The van der Waals surface area contributed by atoms with Gasteiger partial charge in [0, 0.05) is 12.3 Å². The van der Waals surface area contributed by atoms with Gasteiger partial charge in [-0.25, -0.2) is 0 Å². The van der Waals surface area contributed by atoms with E-state index in [1.165, 1.54) is 5.56 Å². The molecule has 1 aromatic rings. The van der Waals surface area contributed by atoms with Crippen LogP contribution in [0.4, 0.5) is 0 Å². The van der Waals surface area contributed by atoms with Gasteiger partial charge in [-0.3, -0.25) is 9.79 Å². The van der Waals surface area contributed by atoms with Crippen LogP contribution in [-0.4, -0.2) is 29.4 Å². The van der Waals surface area contributed by atoms with E-state index in [0.717, 1.165) is 23.9 Å². The number of rotatable bonds is 5. The van der Waals surface area contributed by atoms with Gasteiger partial charge in [0.25, 0.3) is 0 Å². The maximum atomic E-state index is 11.8. The summed E-state index contributed by atoms with van der Waals surface area (Å²) in [6, 6.07) is 10.2. The molecule has 0 fully saturated rings. The van der Waals surface area contributed by atoms with Gasteiger partial charge < -0.3 is 10.6 Å². The number of aliphatic imine (C=N–C) groups is 1. The number of hydrogen-bond donors (Lipinski definition) is 2. The van der Waals surface area contributed by atoms with Crippen LogP contribution in [-0.2, 0) is 4.79 Å². The molecular weight excluding hydrogens is 270 g/mol. The Morgan fingerprint density at radius 3 is 2.90 bits per heavy atom. The van der Waals surface area contributed by atoms with Crippen molar-refractivity contribution in [3.63, 3.8) is 0 Å². The van der Waals surface area contributed by atoms with Crippen molar-refractivity contribution in [3.05, 3.63) is 35.9 Å². The molecule has 5 heteroatoms. The number of benzene rings is 1. The van der Waals surface area contributed by atoms with Crippen LogP contribution in [0.2, 0.25) is 0 Å². The van der Waals surface area contributed by atoms with Gasteiger partial charge in [-0.1, -0.05) is 49.0 Å². The van der Waals surface area contributed by atoms with E-state index >= 15 is 0 Å². The number of thioether (sulfide) groups is 1. The summed E-state index contributed by atoms with van der Waals surface area (Å²) in [4.78, 5) is 16.5. The Balaban J connectivity index is 1.89. The molecule has 0 radical (unpaired) electrons. The van der Waals surface area contributed by atoms with Gasteiger partial charge in [0.1, 0.15) is 6.04 Å². The summed E-state index contributed by atoms with van der Waals surface area (Å²) in [5, 5.41) is 6.93. The Bertz CT molecular complexity index is 475. The number of carbonyl (C=O) groups is 1. The minimum Gasteiger partial charge on any atom is -0.354 e. The minimum atomic E-state index is -0.248. The highest BCUT2D eigenvalue weighted by Crippen LogP contribution is 2.29. The summed E-state index contributed by atoms with van der Waals surface area (Å²) in [5.74, 6) is 0.952. The monoisotopic (exact) mass is 291 g/mol. The van der Waals surface area contributed by atoms with E-state index in [9.17, 15) is 4.79 Å².